The Balaban J connectivity index is 1.95. The largest absolute Gasteiger partial charge is 0.325 e. The third-order valence-corrected chi connectivity index (χ3v) is 4.10. The molecule has 0 unspecified atom stereocenters. The van der Waals surface area contributed by atoms with E-state index in [1.807, 2.05) is 18.4 Å². The van der Waals surface area contributed by atoms with Crippen LogP contribution in [0.4, 0.5) is 5.69 Å². The zero-order chi connectivity index (χ0) is 15.4. The topological polar surface area (TPSA) is 59.8 Å². The predicted molar refractivity (Wildman–Crippen MR) is 86.2 cm³/mol. The first-order valence-electron chi connectivity index (χ1n) is 6.28. The molecule has 1 amide bonds. The minimum absolute atomic E-state index is 0.151. The van der Waals surface area contributed by atoms with Crippen LogP contribution in [0.25, 0.3) is 0 Å². The second kappa shape index (κ2) is 7.15. The Bertz CT molecular complexity index is 639. The highest BCUT2D eigenvalue weighted by atomic mass is 35.5. The molecule has 0 aliphatic carbocycles. The fourth-order valence-corrected chi connectivity index (χ4v) is 3.16. The molecule has 0 saturated heterocycles. The predicted octanol–water partition coefficient (Wildman–Crippen LogP) is 3.64. The number of carbonyl (C=O) groups is 1. The second-order valence-electron chi connectivity index (χ2n) is 4.27. The minimum atomic E-state index is -0.151. The van der Waals surface area contributed by atoms with Gasteiger partial charge in [-0.1, -0.05) is 35.0 Å². The second-order valence-corrected chi connectivity index (χ2v) is 6.08. The number of benzene rings is 1. The van der Waals surface area contributed by atoms with Crippen molar-refractivity contribution in [2.45, 2.75) is 25.5 Å². The molecule has 0 aliphatic heterocycles. The van der Waals surface area contributed by atoms with Gasteiger partial charge < -0.3 is 9.88 Å². The average Bonchev–Trinajstić information content (AvgIpc) is 2.75. The van der Waals surface area contributed by atoms with E-state index in [1.165, 1.54) is 11.8 Å². The lowest BCUT2D eigenvalue weighted by Crippen LogP contribution is -2.14. The van der Waals surface area contributed by atoms with Gasteiger partial charge in [-0.2, -0.15) is 0 Å². The van der Waals surface area contributed by atoms with E-state index in [0.29, 0.717) is 15.7 Å². The Morgan fingerprint density at radius 2 is 1.95 bits per heavy atom. The van der Waals surface area contributed by atoms with Crippen LogP contribution in [0, 0.1) is 6.92 Å². The van der Waals surface area contributed by atoms with Crippen LogP contribution in [0.1, 0.15) is 12.7 Å². The van der Waals surface area contributed by atoms with E-state index in [0.717, 1.165) is 17.5 Å². The molecule has 0 radical (unpaired) electrons. The molecule has 0 bridgehead atoms. The number of aryl methyl sites for hydroxylation is 1. The van der Waals surface area contributed by atoms with Crippen LogP contribution in [0.3, 0.4) is 0 Å². The molecular weight excluding hydrogens is 331 g/mol. The molecule has 0 fully saturated rings. The maximum absolute atomic E-state index is 11.9. The summed E-state index contributed by atoms with van der Waals surface area (Å²) in [5.41, 5.74) is 0.575. The summed E-state index contributed by atoms with van der Waals surface area (Å²) in [6, 6.07) is 4.91. The number of halogens is 2. The Morgan fingerprint density at radius 1 is 1.29 bits per heavy atom. The summed E-state index contributed by atoms with van der Waals surface area (Å²) >= 11 is 13.1. The summed E-state index contributed by atoms with van der Waals surface area (Å²) in [7, 11) is 0. The van der Waals surface area contributed by atoms with Gasteiger partial charge in [0.25, 0.3) is 0 Å². The molecule has 0 spiro atoms. The number of anilines is 1. The number of nitrogens with zero attached hydrogens (tertiary/aromatic N) is 3. The Hall–Kier alpha value is -1.24. The first-order chi connectivity index (χ1) is 9.99. The van der Waals surface area contributed by atoms with Crippen LogP contribution in [0.2, 0.25) is 10.0 Å². The molecule has 1 N–H and O–H groups in total. The molecule has 112 valence electrons. The van der Waals surface area contributed by atoms with Crippen molar-refractivity contribution in [3.8, 4) is 0 Å². The van der Waals surface area contributed by atoms with Gasteiger partial charge in [0.05, 0.1) is 5.75 Å². The highest BCUT2D eigenvalue weighted by molar-refractivity contribution is 7.99. The Kier molecular flexibility index (Phi) is 5.50. The number of carbonyl (C=O) groups excluding carboxylic acids is 1. The van der Waals surface area contributed by atoms with Crippen LogP contribution in [-0.4, -0.2) is 26.4 Å². The summed E-state index contributed by atoms with van der Waals surface area (Å²) < 4.78 is 1.95. The summed E-state index contributed by atoms with van der Waals surface area (Å²) in [5, 5.41) is 12.5. The van der Waals surface area contributed by atoms with Crippen LogP contribution < -0.4 is 5.32 Å². The zero-order valence-corrected chi connectivity index (χ0v) is 13.9. The number of hydrogen-bond donors (Lipinski definition) is 1. The number of thioether (sulfide) groups is 1. The van der Waals surface area contributed by atoms with Gasteiger partial charge in [0.15, 0.2) is 5.16 Å². The summed E-state index contributed by atoms with van der Waals surface area (Å²) in [5.74, 6) is 0.922. The van der Waals surface area contributed by atoms with Gasteiger partial charge in [-0.25, -0.2) is 0 Å². The molecule has 1 aromatic heterocycles. The van der Waals surface area contributed by atoms with Gasteiger partial charge in [-0.3, -0.25) is 4.79 Å². The standard InChI is InChI=1S/C13H14Cl2N4OS/c1-3-19-8(2)17-18-13(19)21-7-12(20)16-11-5-9(14)4-10(15)6-11/h4-6H,3,7H2,1-2H3,(H,16,20). The maximum atomic E-state index is 11.9. The highest BCUT2D eigenvalue weighted by Crippen LogP contribution is 2.23. The summed E-state index contributed by atoms with van der Waals surface area (Å²) in [6.07, 6.45) is 0. The van der Waals surface area contributed by atoms with Crippen molar-refractivity contribution in [2.24, 2.45) is 0 Å². The van der Waals surface area contributed by atoms with Crippen LogP contribution in [-0.2, 0) is 11.3 Å². The number of rotatable bonds is 5. The van der Waals surface area contributed by atoms with Crippen molar-refractivity contribution < 1.29 is 4.79 Å². The fraction of sp³-hybridized carbons (Fsp3) is 0.308. The average molecular weight is 345 g/mol. The number of aromatic nitrogens is 3. The lowest BCUT2D eigenvalue weighted by molar-refractivity contribution is -0.113. The van der Waals surface area contributed by atoms with E-state index in [2.05, 4.69) is 15.5 Å². The van der Waals surface area contributed by atoms with E-state index in [1.54, 1.807) is 18.2 Å². The van der Waals surface area contributed by atoms with Crippen molar-refractivity contribution in [2.75, 3.05) is 11.1 Å². The molecule has 2 rings (SSSR count). The van der Waals surface area contributed by atoms with E-state index < -0.39 is 0 Å². The molecule has 1 heterocycles. The number of hydrogen-bond acceptors (Lipinski definition) is 4. The normalized spacial score (nSPS) is 10.7. The van der Waals surface area contributed by atoms with Gasteiger partial charge in [-0.05, 0) is 32.0 Å². The van der Waals surface area contributed by atoms with E-state index >= 15 is 0 Å². The Labute approximate surface area is 137 Å². The monoisotopic (exact) mass is 344 g/mol. The number of nitrogens with one attached hydrogen (secondary N) is 1. The minimum Gasteiger partial charge on any atom is -0.325 e. The lowest BCUT2D eigenvalue weighted by Gasteiger charge is -2.07. The maximum Gasteiger partial charge on any atom is 0.234 e. The van der Waals surface area contributed by atoms with E-state index in [-0.39, 0.29) is 11.7 Å². The van der Waals surface area contributed by atoms with E-state index in [4.69, 9.17) is 23.2 Å². The van der Waals surface area contributed by atoms with Crippen molar-refractivity contribution in [3.63, 3.8) is 0 Å². The fourth-order valence-electron chi connectivity index (χ4n) is 1.79. The SMILES string of the molecule is CCn1c(C)nnc1SCC(=O)Nc1cc(Cl)cc(Cl)c1. The molecule has 8 heteroatoms. The molecule has 1 aromatic carbocycles. The van der Waals surface area contributed by atoms with Gasteiger partial charge in [-0.15, -0.1) is 10.2 Å². The van der Waals surface area contributed by atoms with E-state index in [9.17, 15) is 4.79 Å². The number of amides is 1. The van der Waals surface area contributed by atoms with Crippen molar-refractivity contribution in [3.05, 3.63) is 34.1 Å². The third-order valence-electron chi connectivity index (χ3n) is 2.70. The third kappa shape index (κ3) is 4.36. The van der Waals surface area contributed by atoms with Crippen LogP contribution in [0.15, 0.2) is 23.4 Å². The van der Waals surface area contributed by atoms with Gasteiger partial charge in [0, 0.05) is 22.3 Å². The highest BCUT2D eigenvalue weighted by Gasteiger charge is 2.11. The smallest absolute Gasteiger partial charge is 0.234 e. The molecular formula is C13H14Cl2N4OS. The van der Waals surface area contributed by atoms with Crippen molar-refractivity contribution in [1.82, 2.24) is 14.8 Å². The van der Waals surface area contributed by atoms with Gasteiger partial charge in [0.2, 0.25) is 5.91 Å². The first kappa shape index (κ1) is 16.1. The summed E-state index contributed by atoms with van der Waals surface area (Å²) in [4.78, 5) is 11.9. The lowest BCUT2D eigenvalue weighted by atomic mass is 10.3. The van der Waals surface area contributed by atoms with Crippen LogP contribution in [0.5, 0.6) is 0 Å². The molecule has 0 atom stereocenters. The van der Waals surface area contributed by atoms with Crippen molar-refractivity contribution in [1.29, 1.82) is 0 Å². The quantitative estimate of drug-likeness (QED) is 0.841. The molecule has 2 aromatic rings. The molecule has 21 heavy (non-hydrogen) atoms. The van der Waals surface area contributed by atoms with Crippen molar-refractivity contribution >= 4 is 46.6 Å². The first-order valence-corrected chi connectivity index (χ1v) is 8.02. The van der Waals surface area contributed by atoms with Gasteiger partial charge >= 0.3 is 0 Å². The Morgan fingerprint density at radius 3 is 2.57 bits per heavy atom. The zero-order valence-electron chi connectivity index (χ0n) is 11.6. The van der Waals surface area contributed by atoms with Gasteiger partial charge in [0.1, 0.15) is 5.82 Å². The summed E-state index contributed by atoms with van der Waals surface area (Å²) in [6.45, 7) is 4.66. The molecule has 0 aliphatic rings. The molecule has 5 nitrogen and oxygen atoms in total. The molecule has 0 saturated carbocycles. The van der Waals surface area contributed by atoms with Crippen LogP contribution >= 0.6 is 35.0 Å².